The molecular formula is C44H59F2N3O6. The van der Waals surface area contributed by atoms with E-state index in [1.807, 2.05) is 6.92 Å². The van der Waals surface area contributed by atoms with Gasteiger partial charge < -0.3 is 24.4 Å². The Morgan fingerprint density at radius 3 is 2.27 bits per heavy atom. The Kier molecular flexibility index (Phi) is 13.3. The number of carbonyl (C=O) groups excluding carboxylic acids is 3. The van der Waals surface area contributed by atoms with Crippen molar-refractivity contribution in [3.63, 3.8) is 0 Å². The summed E-state index contributed by atoms with van der Waals surface area (Å²) in [6.07, 6.45) is 8.33. The van der Waals surface area contributed by atoms with Crippen molar-refractivity contribution in [2.45, 2.75) is 122 Å². The Morgan fingerprint density at radius 2 is 1.64 bits per heavy atom. The van der Waals surface area contributed by atoms with Gasteiger partial charge in [-0.2, -0.15) is 0 Å². The van der Waals surface area contributed by atoms with Crippen molar-refractivity contribution >= 4 is 28.8 Å². The first-order chi connectivity index (χ1) is 26.4. The van der Waals surface area contributed by atoms with Crippen LogP contribution in [0.5, 0.6) is 0 Å². The number of ether oxygens (including phenoxy) is 3. The minimum absolute atomic E-state index is 0.0598. The molecule has 2 aromatic carbocycles. The lowest BCUT2D eigenvalue weighted by Crippen LogP contribution is -2.56. The van der Waals surface area contributed by atoms with Crippen molar-refractivity contribution in [2.24, 2.45) is 17.8 Å². The summed E-state index contributed by atoms with van der Waals surface area (Å²) in [6.45, 7) is 9.30. The quantitative estimate of drug-likeness (QED) is 0.187. The van der Waals surface area contributed by atoms with E-state index in [0.717, 1.165) is 48.7 Å². The Hall–Kier alpha value is -3.83. The molecule has 0 radical (unpaired) electrons. The van der Waals surface area contributed by atoms with Gasteiger partial charge in [0.15, 0.2) is 0 Å². The molecular weight excluding hydrogens is 704 g/mol. The van der Waals surface area contributed by atoms with E-state index in [1.165, 1.54) is 24.3 Å². The average Bonchev–Trinajstić information content (AvgIpc) is 3.46. The van der Waals surface area contributed by atoms with Crippen molar-refractivity contribution < 1.29 is 37.4 Å². The lowest BCUT2D eigenvalue weighted by molar-refractivity contribution is -0.149. The highest BCUT2D eigenvalue weighted by molar-refractivity contribution is 5.96. The molecule has 1 aliphatic heterocycles. The fourth-order valence-corrected chi connectivity index (χ4v) is 9.46. The van der Waals surface area contributed by atoms with Crippen LogP contribution in [0.3, 0.4) is 0 Å². The van der Waals surface area contributed by atoms with Crippen LogP contribution < -0.4 is 5.32 Å². The summed E-state index contributed by atoms with van der Waals surface area (Å²) in [7, 11) is 1.64. The summed E-state index contributed by atoms with van der Waals surface area (Å²) in [5.74, 6) is -0.843. The molecule has 55 heavy (non-hydrogen) atoms. The number of likely N-dealkylation sites (tertiary alicyclic amines) is 1. The second-order valence-electron chi connectivity index (χ2n) is 16.4. The number of fused-ring (bicyclic) bond motifs is 1. The van der Waals surface area contributed by atoms with Crippen LogP contribution in [0.25, 0.3) is 10.9 Å². The monoisotopic (exact) mass is 763 g/mol. The Labute approximate surface area is 324 Å². The number of halogens is 2. The summed E-state index contributed by atoms with van der Waals surface area (Å²) in [5.41, 5.74) is 2.17. The van der Waals surface area contributed by atoms with E-state index in [2.05, 4.69) is 19.2 Å². The van der Waals surface area contributed by atoms with Crippen LogP contribution in [-0.2, 0) is 42.1 Å². The molecule has 2 saturated carbocycles. The van der Waals surface area contributed by atoms with E-state index >= 15 is 0 Å². The molecule has 1 N–H and O–H groups in total. The van der Waals surface area contributed by atoms with Crippen LogP contribution in [0.2, 0.25) is 0 Å². The van der Waals surface area contributed by atoms with Crippen LogP contribution in [0.15, 0.2) is 42.5 Å². The molecule has 9 nitrogen and oxygen atoms in total. The maximum Gasteiger partial charge on any atom is 0.328 e. The van der Waals surface area contributed by atoms with E-state index in [-0.39, 0.29) is 66.9 Å². The minimum atomic E-state index is -0.991. The van der Waals surface area contributed by atoms with Crippen molar-refractivity contribution in [1.29, 1.82) is 0 Å². The summed E-state index contributed by atoms with van der Waals surface area (Å²) in [5, 5.41) is 4.20. The number of hydrogen-bond donors (Lipinski definition) is 1. The van der Waals surface area contributed by atoms with E-state index in [0.29, 0.717) is 68.7 Å². The van der Waals surface area contributed by atoms with Gasteiger partial charge in [0, 0.05) is 43.7 Å². The predicted molar refractivity (Wildman–Crippen MR) is 208 cm³/mol. The van der Waals surface area contributed by atoms with Crippen LogP contribution in [0, 0.1) is 29.4 Å². The standard InChI is InChI=1S/C44H59F2N3O6/c1-6-54-41(50)31-9-18-38(29(4)25-31)47-42(51)44(32-10-12-33(45)13-11-32)20-22-48(23-21-44)43(52)49-39(19-24-53-5)37(36-17-14-34(46)27-40(36)49)26-30-7-15-35(16-8-30)55-28(2)3/h10-14,17,27-31,35,38H,6-9,15-16,18-26H2,1-5H3,(H,47,51)/t29-,30?,31-,35?,38-/m0/s1. The second kappa shape index (κ2) is 18.0. The van der Waals surface area contributed by atoms with Crippen LogP contribution in [-0.4, -0.2) is 79.0 Å². The summed E-state index contributed by atoms with van der Waals surface area (Å²) in [4.78, 5) is 43.4. The van der Waals surface area contributed by atoms with Gasteiger partial charge in [-0.3, -0.25) is 14.2 Å². The van der Waals surface area contributed by atoms with Crippen molar-refractivity contribution in [3.05, 3.63) is 70.9 Å². The smallest absolute Gasteiger partial charge is 0.328 e. The van der Waals surface area contributed by atoms with Gasteiger partial charge in [-0.05, 0) is 138 Å². The molecule has 2 amide bonds. The number of benzene rings is 2. The summed E-state index contributed by atoms with van der Waals surface area (Å²) < 4.78 is 47.7. The van der Waals surface area contributed by atoms with E-state index in [1.54, 1.807) is 41.7 Å². The van der Waals surface area contributed by atoms with Gasteiger partial charge >= 0.3 is 12.0 Å². The molecule has 3 aliphatic rings. The minimum Gasteiger partial charge on any atom is -0.466 e. The third kappa shape index (κ3) is 9.09. The molecule has 2 heterocycles. The van der Waals surface area contributed by atoms with Gasteiger partial charge in [0.2, 0.25) is 5.91 Å². The van der Waals surface area contributed by atoms with Gasteiger partial charge in [-0.15, -0.1) is 0 Å². The number of carbonyl (C=O) groups is 3. The normalized spacial score (nSPS) is 24.2. The van der Waals surface area contributed by atoms with E-state index < -0.39 is 11.2 Å². The largest absolute Gasteiger partial charge is 0.466 e. The number of aromatic nitrogens is 1. The van der Waals surface area contributed by atoms with E-state index in [4.69, 9.17) is 14.2 Å². The number of rotatable bonds is 12. The maximum absolute atomic E-state index is 15.0. The second-order valence-corrected chi connectivity index (χ2v) is 16.4. The third-order valence-electron chi connectivity index (χ3n) is 12.5. The summed E-state index contributed by atoms with van der Waals surface area (Å²) in [6, 6.07) is 10.5. The number of piperidine rings is 1. The molecule has 1 aromatic heterocycles. The van der Waals surface area contributed by atoms with Crippen molar-refractivity contribution in [2.75, 3.05) is 33.4 Å². The molecule has 1 saturated heterocycles. The topological polar surface area (TPSA) is 99.1 Å². The lowest BCUT2D eigenvalue weighted by atomic mass is 9.71. The average molecular weight is 764 g/mol. The van der Waals surface area contributed by atoms with Gasteiger partial charge in [0.25, 0.3) is 0 Å². The molecule has 3 fully saturated rings. The number of methoxy groups -OCH3 is 1. The Balaban J connectivity index is 1.24. The lowest BCUT2D eigenvalue weighted by Gasteiger charge is -2.43. The zero-order valence-electron chi connectivity index (χ0n) is 33.2. The van der Waals surface area contributed by atoms with Crippen LogP contribution in [0.1, 0.15) is 102 Å². The maximum atomic E-state index is 15.0. The van der Waals surface area contributed by atoms with E-state index in [9.17, 15) is 23.2 Å². The van der Waals surface area contributed by atoms with Gasteiger partial charge in [-0.25, -0.2) is 13.6 Å². The molecule has 3 aromatic rings. The number of amides is 2. The van der Waals surface area contributed by atoms with Crippen LogP contribution >= 0.6 is 0 Å². The molecule has 2 aliphatic carbocycles. The number of nitrogens with one attached hydrogen (secondary N) is 1. The highest BCUT2D eigenvalue weighted by atomic mass is 19.1. The molecule has 300 valence electrons. The molecule has 0 bridgehead atoms. The fraction of sp³-hybridized carbons (Fsp3) is 0.614. The predicted octanol–water partition coefficient (Wildman–Crippen LogP) is 8.12. The SMILES string of the molecule is CCOC(=O)[C@H]1CC[C@H](NC(=O)C2(c3ccc(F)cc3)CCN(C(=O)n3c(CCOC)c(CC4CCC(OC(C)C)CC4)c4ccc(F)cc43)CC2)[C@@H](C)C1. The molecule has 6 rings (SSSR count). The first-order valence-electron chi connectivity index (χ1n) is 20.4. The highest BCUT2D eigenvalue weighted by Gasteiger charge is 2.46. The van der Waals surface area contributed by atoms with Crippen LogP contribution in [0.4, 0.5) is 13.6 Å². The summed E-state index contributed by atoms with van der Waals surface area (Å²) >= 11 is 0. The number of hydrogen-bond acceptors (Lipinski definition) is 6. The highest BCUT2D eigenvalue weighted by Crippen LogP contribution is 2.40. The molecule has 0 unspecified atom stereocenters. The van der Waals surface area contributed by atoms with Crippen molar-refractivity contribution in [1.82, 2.24) is 14.8 Å². The van der Waals surface area contributed by atoms with Crippen molar-refractivity contribution in [3.8, 4) is 0 Å². The first kappa shape index (κ1) is 40.8. The number of esters is 1. The Bertz CT molecular complexity index is 1790. The first-order valence-corrected chi connectivity index (χ1v) is 20.4. The zero-order chi connectivity index (χ0) is 39.3. The number of nitrogens with zero attached hydrogens (tertiary/aromatic N) is 2. The molecule has 3 atom stereocenters. The molecule has 0 spiro atoms. The van der Waals surface area contributed by atoms with Gasteiger partial charge in [0.05, 0.1) is 42.3 Å². The fourth-order valence-electron chi connectivity index (χ4n) is 9.46. The van der Waals surface area contributed by atoms with Gasteiger partial charge in [0.1, 0.15) is 11.6 Å². The van der Waals surface area contributed by atoms with Gasteiger partial charge in [-0.1, -0.05) is 19.1 Å². The third-order valence-corrected chi connectivity index (χ3v) is 12.5. The zero-order valence-corrected chi connectivity index (χ0v) is 33.2. The molecule has 11 heteroatoms. The Morgan fingerprint density at radius 1 is 0.945 bits per heavy atom.